The summed E-state index contributed by atoms with van der Waals surface area (Å²) in [6.45, 7) is 0. The predicted molar refractivity (Wildman–Crippen MR) is 224 cm³/mol. The zero-order valence-corrected chi connectivity index (χ0v) is 30.3. The van der Waals surface area contributed by atoms with Crippen molar-refractivity contribution in [2.75, 3.05) is 0 Å². The van der Waals surface area contributed by atoms with Crippen molar-refractivity contribution < 1.29 is 4.74 Å². The Hall–Kier alpha value is -7.43. The van der Waals surface area contributed by atoms with Gasteiger partial charge < -0.3 is 4.74 Å². The highest BCUT2D eigenvalue weighted by Gasteiger charge is 2.52. The van der Waals surface area contributed by atoms with E-state index in [1.54, 1.807) is 0 Å². The molecule has 0 bridgehead atoms. The Balaban J connectivity index is 1.19. The molecule has 1 aliphatic heterocycles. The lowest BCUT2D eigenvalue weighted by molar-refractivity contribution is 0.436. The van der Waals surface area contributed by atoms with Crippen LogP contribution in [0.1, 0.15) is 22.3 Å². The van der Waals surface area contributed by atoms with Gasteiger partial charge in [0.2, 0.25) is 0 Å². The first kappa shape index (κ1) is 32.0. The third kappa shape index (κ3) is 4.96. The fourth-order valence-electron chi connectivity index (χ4n) is 8.74. The van der Waals surface area contributed by atoms with Crippen LogP contribution in [0.3, 0.4) is 0 Å². The van der Waals surface area contributed by atoms with Crippen molar-refractivity contribution in [2.45, 2.75) is 5.41 Å². The van der Waals surface area contributed by atoms with Crippen molar-refractivity contribution in [1.29, 1.82) is 0 Å². The molecule has 262 valence electrons. The van der Waals surface area contributed by atoms with Crippen molar-refractivity contribution in [3.8, 4) is 79.0 Å². The summed E-state index contributed by atoms with van der Waals surface area (Å²) < 4.78 is 6.72. The maximum absolute atomic E-state index is 6.72. The molecule has 11 rings (SSSR count). The lowest BCUT2D eigenvalue weighted by Crippen LogP contribution is -2.32. The van der Waals surface area contributed by atoms with Gasteiger partial charge in [0.05, 0.1) is 5.41 Å². The van der Waals surface area contributed by atoms with E-state index < -0.39 is 5.41 Å². The molecule has 1 aromatic heterocycles. The van der Waals surface area contributed by atoms with E-state index in [4.69, 9.17) is 19.7 Å². The van der Waals surface area contributed by atoms with Gasteiger partial charge in [-0.25, -0.2) is 15.0 Å². The molecule has 9 aromatic rings. The number of rotatable bonds is 5. The number of para-hydroxylation sites is 2. The Morgan fingerprint density at radius 2 is 0.750 bits per heavy atom. The van der Waals surface area contributed by atoms with Crippen LogP contribution in [0.5, 0.6) is 11.5 Å². The zero-order chi connectivity index (χ0) is 37.1. The number of hydrogen-bond acceptors (Lipinski definition) is 4. The van der Waals surface area contributed by atoms with Gasteiger partial charge in [0.25, 0.3) is 0 Å². The third-order valence-electron chi connectivity index (χ3n) is 11.2. The molecule has 0 unspecified atom stereocenters. The fraction of sp³-hybridized carbons (Fsp3) is 0.0192. The second-order valence-corrected chi connectivity index (χ2v) is 14.3. The van der Waals surface area contributed by atoms with Gasteiger partial charge in [0, 0.05) is 27.8 Å². The summed E-state index contributed by atoms with van der Waals surface area (Å²) in [5.41, 5.74) is 13.6. The first-order chi connectivity index (χ1) is 27.8. The van der Waals surface area contributed by atoms with Gasteiger partial charge in [-0.15, -0.1) is 0 Å². The van der Waals surface area contributed by atoms with Crippen LogP contribution in [-0.2, 0) is 5.41 Å². The maximum atomic E-state index is 6.72. The second-order valence-electron chi connectivity index (χ2n) is 14.3. The van der Waals surface area contributed by atoms with Crippen LogP contribution < -0.4 is 4.74 Å². The van der Waals surface area contributed by atoms with E-state index in [-0.39, 0.29) is 0 Å². The van der Waals surface area contributed by atoms with Crippen LogP contribution in [0.15, 0.2) is 200 Å². The monoisotopic (exact) mass is 715 g/mol. The van der Waals surface area contributed by atoms with Crippen LogP contribution >= 0.6 is 0 Å². The summed E-state index contributed by atoms with van der Waals surface area (Å²) in [5, 5.41) is 0. The molecule has 0 saturated heterocycles. The second kappa shape index (κ2) is 12.9. The van der Waals surface area contributed by atoms with Gasteiger partial charge >= 0.3 is 0 Å². The fourth-order valence-corrected chi connectivity index (χ4v) is 8.74. The maximum Gasteiger partial charge on any atom is 0.164 e. The number of aromatic nitrogens is 3. The Morgan fingerprint density at radius 1 is 0.304 bits per heavy atom. The standard InChI is InChI=1S/C52H33N3O/c1-4-15-34(16-5-1)35-27-29-36(30-28-35)39-31-32-40-41-21-14-22-42(51-54-49(37-17-6-2-7-18-37)53-50(55-51)38-19-8-3-9-20-38)48(41)52(45(40)33-39)43-23-10-12-25-46(43)56-47-26-13-11-24-44(47)52/h1-33H. The molecule has 2 heterocycles. The van der Waals surface area contributed by atoms with Gasteiger partial charge in [-0.1, -0.05) is 182 Å². The van der Waals surface area contributed by atoms with E-state index in [1.807, 2.05) is 36.4 Å². The summed E-state index contributed by atoms with van der Waals surface area (Å²) in [7, 11) is 0. The van der Waals surface area contributed by atoms with E-state index in [1.165, 1.54) is 22.3 Å². The molecule has 0 atom stereocenters. The van der Waals surface area contributed by atoms with E-state index >= 15 is 0 Å². The summed E-state index contributed by atoms with van der Waals surface area (Å²) >= 11 is 0. The smallest absolute Gasteiger partial charge is 0.164 e. The number of fused-ring (bicyclic) bond motifs is 9. The minimum Gasteiger partial charge on any atom is -0.457 e. The largest absolute Gasteiger partial charge is 0.457 e. The van der Waals surface area contributed by atoms with Crippen LogP contribution in [0.4, 0.5) is 0 Å². The summed E-state index contributed by atoms with van der Waals surface area (Å²) in [6, 6.07) is 70.3. The number of nitrogens with zero attached hydrogens (tertiary/aromatic N) is 3. The Morgan fingerprint density at radius 3 is 1.34 bits per heavy atom. The number of ether oxygens (including phenoxy) is 1. The number of hydrogen-bond donors (Lipinski definition) is 0. The number of benzene rings is 8. The minimum atomic E-state index is -0.737. The van der Waals surface area contributed by atoms with Gasteiger partial charge in [-0.2, -0.15) is 0 Å². The molecule has 1 spiro atoms. The Kier molecular flexibility index (Phi) is 7.36. The molecular formula is C52H33N3O. The summed E-state index contributed by atoms with van der Waals surface area (Å²) in [4.78, 5) is 15.6. The van der Waals surface area contributed by atoms with E-state index in [0.717, 1.165) is 61.6 Å². The topological polar surface area (TPSA) is 47.9 Å². The normalized spacial score (nSPS) is 12.9. The highest BCUT2D eigenvalue weighted by atomic mass is 16.5. The van der Waals surface area contributed by atoms with Crippen LogP contribution in [0.25, 0.3) is 67.5 Å². The molecule has 8 aromatic carbocycles. The Labute approximate surface area is 325 Å². The molecule has 0 saturated carbocycles. The molecule has 0 N–H and O–H groups in total. The van der Waals surface area contributed by atoms with Crippen LogP contribution in [0, 0.1) is 0 Å². The molecule has 0 amide bonds. The molecule has 0 radical (unpaired) electrons. The van der Waals surface area contributed by atoms with Crippen molar-refractivity contribution in [2.24, 2.45) is 0 Å². The molecule has 4 heteroatoms. The van der Waals surface area contributed by atoms with E-state index in [9.17, 15) is 0 Å². The highest BCUT2D eigenvalue weighted by Crippen LogP contribution is 2.64. The van der Waals surface area contributed by atoms with E-state index in [2.05, 4.69) is 164 Å². The summed E-state index contributed by atoms with van der Waals surface area (Å²) in [5.74, 6) is 3.56. The van der Waals surface area contributed by atoms with Gasteiger partial charge in [0.1, 0.15) is 11.5 Å². The summed E-state index contributed by atoms with van der Waals surface area (Å²) in [6.07, 6.45) is 0. The SMILES string of the molecule is c1ccc(-c2ccc(-c3ccc4c(c3)C3(c5ccccc5Oc5ccccc53)c3c(-c5nc(-c6ccccc6)nc(-c6ccccc6)n5)cccc3-4)cc2)cc1. The molecule has 0 fully saturated rings. The molecule has 4 nitrogen and oxygen atoms in total. The van der Waals surface area contributed by atoms with Gasteiger partial charge in [-0.3, -0.25) is 0 Å². The Bertz CT molecular complexity index is 2820. The molecular weight excluding hydrogens is 683 g/mol. The first-order valence-electron chi connectivity index (χ1n) is 18.9. The van der Waals surface area contributed by atoms with Crippen molar-refractivity contribution in [3.63, 3.8) is 0 Å². The third-order valence-corrected chi connectivity index (χ3v) is 11.2. The predicted octanol–water partition coefficient (Wildman–Crippen LogP) is 12.7. The van der Waals surface area contributed by atoms with Gasteiger partial charge in [0.15, 0.2) is 17.5 Å². The molecule has 2 aliphatic rings. The quantitative estimate of drug-likeness (QED) is 0.178. The molecule has 1 aliphatic carbocycles. The van der Waals surface area contributed by atoms with Crippen LogP contribution in [0.2, 0.25) is 0 Å². The van der Waals surface area contributed by atoms with Crippen molar-refractivity contribution in [1.82, 2.24) is 15.0 Å². The highest BCUT2D eigenvalue weighted by molar-refractivity contribution is 5.95. The minimum absolute atomic E-state index is 0.625. The average Bonchev–Trinajstić information content (AvgIpc) is 3.57. The van der Waals surface area contributed by atoms with E-state index in [0.29, 0.717) is 17.5 Å². The van der Waals surface area contributed by atoms with Crippen molar-refractivity contribution in [3.05, 3.63) is 222 Å². The lowest BCUT2D eigenvalue weighted by atomic mass is 9.64. The molecule has 56 heavy (non-hydrogen) atoms. The lowest BCUT2D eigenvalue weighted by Gasteiger charge is -2.40. The zero-order valence-electron chi connectivity index (χ0n) is 30.3. The van der Waals surface area contributed by atoms with Crippen LogP contribution in [-0.4, -0.2) is 15.0 Å². The first-order valence-corrected chi connectivity index (χ1v) is 18.9. The van der Waals surface area contributed by atoms with Gasteiger partial charge in [-0.05, 0) is 62.7 Å². The van der Waals surface area contributed by atoms with Crippen molar-refractivity contribution >= 4 is 0 Å². The average molecular weight is 716 g/mol.